The van der Waals surface area contributed by atoms with E-state index in [1.807, 2.05) is 0 Å². The zero-order chi connectivity index (χ0) is 15.5. The summed E-state index contributed by atoms with van der Waals surface area (Å²) in [6.45, 7) is 0. The Kier molecular flexibility index (Phi) is 3.57. The maximum Gasteiger partial charge on any atom is 0.513 e. The molecular weight excluding hydrogens is 286 g/mol. The fourth-order valence-corrected chi connectivity index (χ4v) is 1.95. The summed E-state index contributed by atoms with van der Waals surface area (Å²) in [6.07, 6.45) is -0.803. The number of methoxy groups -OCH3 is 1. The molecule has 0 aliphatic heterocycles. The summed E-state index contributed by atoms with van der Waals surface area (Å²) in [6, 6.07) is 13.3. The summed E-state index contributed by atoms with van der Waals surface area (Å²) < 4.78 is 14.5. The molecule has 22 heavy (non-hydrogen) atoms. The lowest BCUT2D eigenvalue weighted by Gasteiger charge is -2.04. The summed E-state index contributed by atoms with van der Waals surface area (Å²) in [7, 11) is 1.23. The summed E-state index contributed by atoms with van der Waals surface area (Å²) in [5.41, 5.74) is 0.708. The molecule has 1 aromatic heterocycles. The molecule has 2 aromatic carbocycles. The van der Waals surface area contributed by atoms with Crippen LogP contribution in [0.3, 0.4) is 0 Å². The van der Waals surface area contributed by atoms with E-state index in [1.54, 1.807) is 48.5 Å². The number of hydrogen-bond donors (Lipinski definition) is 0. The lowest BCUT2D eigenvalue weighted by molar-refractivity contribution is 0.121. The lowest BCUT2D eigenvalue weighted by Crippen LogP contribution is -2.07. The normalized spacial score (nSPS) is 10.4. The van der Waals surface area contributed by atoms with Gasteiger partial charge in [0.15, 0.2) is 0 Å². The van der Waals surface area contributed by atoms with E-state index in [-0.39, 0.29) is 5.89 Å². The summed E-state index contributed by atoms with van der Waals surface area (Å²) in [4.78, 5) is 27.3. The van der Waals surface area contributed by atoms with Gasteiger partial charge in [-0.05, 0) is 36.4 Å². The Bertz CT molecular complexity index is 883. The summed E-state index contributed by atoms with van der Waals surface area (Å²) in [5, 5.41) is 0.428. The molecule has 0 fully saturated rings. The van der Waals surface area contributed by atoms with Crippen molar-refractivity contribution in [2.75, 3.05) is 7.11 Å². The Morgan fingerprint density at radius 1 is 1.09 bits per heavy atom. The monoisotopic (exact) mass is 297 g/mol. The number of carbonyl (C=O) groups excluding carboxylic acids is 1. The van der Waals surface area contributed by atoms with E-state index < -0.39 is 11.8 Å². The quantitative estimate of drug-likeness (QED) is 0.534. The van der Waals surface area contributed by atoms with Gasteiger partial charge in [0.1, 0.15) is 5.75 Å². The van der Waals surface area contributed by atoms with Crippen LogP contribution in [0.15, 0.2) is 57.7 Å². The van der Waals surface area contributed by atoms with Gasteiger partial charge >= 0.3 is 11.8 Å². The van der Waals surface area contributed by atoms with E-state index in [0.717, 1.165) is 0 Å². The van der Waals surface area contributed by atoms with Gasteiger partial charge in [-0.25, -0.2) is 14.6 Å². The highest BCUT2D eigenvalue weighted by atomic mass is 16.7. The second-order valence-electron chi connectivity index (χ2n) is 4.40. The molecule has 0 saturated heterocycles. The van der Waals surface area contributed by atoms with Gasteiger partial charge in [-0.3, -0.25) is 0 Å². The molecule has 0 aliphatic carbocycles. The fourth-order valence-electron chi connectivity index (χ4n) is 1.95. The van der Waals surface area contributed by atoms with Crippen molar-refractivity contribution >= 4 is 17.1 Å². The van der Waals surface area contributed by atoms with Crippen LogP contribution in [0.5, 0.6) is 5.75 Å². The minimum Gasteiger partial charge on any atom is -0.437 e. The summed E-state index contributed by atoms with van der Waals surface area (Å²) in [5.74, 6) is 0.520. The average molecular weight is 297 g/mol. The van der Waals surface area contributed by atoms with Gasteiger partial charge in [-0.15, -0.1) is 0 Å². The van der Waals surface area contributed by atoms with Gasteiger partial charge in [-0.2, -0.15) is 0 Å². The summed E-state index contributed by atoms with van der Waals surface area (Å²) >= 11 is 0. The molecule has 3 aromatic rings. The standard InChI is InChI=1S/C16H11NO5/c1-20-16(19)21-11-8-6-10(7-9-11)14-17-13-5-3-2-4-12(13)15(18)22-14/h2-9H,1H3. The minimum absolute atomic E-state index is 0.202. The molecule has 0 aliphatic rings. The van der Waals surface area contributed by atoms with Crippen LogP contribution in [0, 0.1) is 0 Å². The molecule has 6 nitrogen and oxygen atoms in total. The number of aromatic nitrogens is 1. The van der Waals surface area contributed by atoms with Crippen LogP contribution in [0.1, 0.15) is 0 Å². The number of ether oxygens (including phenoxy) is 2. The van der Waals surface area contributed by atoms with Crippen LogP contribution < -0.4 is 10.4 Å². The van der Waals surface area contributed by atoms with Gasteiger partial charge in [-0.1, -0.05) is 12.1 Å². The lowest BCUT2D eigenvalue weighted by atomic mass is 10.2. The van der Waals surface area contributed by atoms with E-state index in [2.05, 4.69) is 9.72 Å². The first-order valence-electron chi connectivity index (χ1n) is 6.43. The topological polar surface area (TPSA) is 78.6 Å². The van der Waals surface area contributed by atoms with Crippen LogP contribution in [-0.2, 0) is 4.74 Å². The second-order valence-corrected chi connectivity index (χ2v) is 4.40. The number of para-hydroxylation sites is 1. The number of carbonyl (C=O) groups is 1. The van der Waals surface area contributed by atoms with E-state index >= 15 is 0 Å². The Labute approximate surface area is 124 Å². The zero-order valence-corrected chi connectivity index (χ0v) is 11.6. The van der Waals surface area contributed by atoms with Gasteiger partial charge < -0.3 is 13.9 Å². The molecule has 0 atom stereocenters. The molecular formula is C16H11NO5. The van der Waals surface area contributed by atoms with Crippen LogP contribution >= 0.6 is 0 Å². The van der Waals surface area contributed by atoms with Crippen molar-refractivity contribution in [2.45, 2.75) is 0 Å². The van der Waals surface area contributed by atoms with E-state index in [0.29, 0.717) is 22.2 Å². The second kappa shape index (κ2) is 5.69. The highest BCUT2D eigenvalue weighted by molar-refractivity contribution is 5.78. The number of rotatable bonds is 2. The number of benzene rings is 2. The maximum absolute atomic E-state index is 11.9. The molecule has 0 radical (unpaired) electrons. The van der Waals surface area contributed by atoms with Gasteiger partial charge in [0.05, 0.1) is 18.0 Å². The largest absolute Gasteiger partial charge is 0.513 e. The average Bonchev–Trinajstić information content (AvgIpc) is 2.55. The van der Waals surface area contributed by atoms with Crippen molar-refractivity contribution in [1.29, 1.82) is 0 Å². The first kappa shape index (κ1) is 13.8. The fraction of sp³-hybridized carbons (Fsp3) is 0.0625. The number of nitrogens with zero attached hydrogens (tertiary/aromatic N) is 1. The predicted octanol–water partition coefficient (Wildman–Crippen LogP) is 3.00. The van der Waals surface area contributed by atoms with Crippen molar-refractivity contribution < 1.29 is 18.7 Å². The first-order valence-corrected chi connectivity index (χ1v) is 6.43. The molecule has 1 heterocycles. The van der Waals surface area contributed by atoms with Gasteiger partial charge in [0, 0.05) is 5.56 Å². The van der Waals surface area contributed by atoms with Crippen LogP contribution in [0.2, 0.25) is 0 Å². The Morgan fingerprint density at radius 3 is 2.55 bits per heavy atom. The molecule has 0 N–H and O–H groups in total. The van der Waals surface area contributed by atoms with Crippen molar-refractivity contribution in [2.24, 2.45) is 0 Å². The van der Waals surface area contributed by atoms with Crippen LogP contribution in [0.4, 0.5) is 4.79 Å². The first-order chi connectivity index (χ1) is 10.7. The van der Waals surface area contributed by atoms with Gasteiger partial charge in [0.2, 0.25) is 5.89 Å². The predicted molar refractivity (Wildman–Crippen MR) is 78.7 cm³/mol. The Balaban J connectivity index is 1.97. The zero-order valence-electron chi connectivity index (χ0n) is 11.6. The third kappa shape index (κ3) is 2.67. The van der Waals surface area contributed by atoms with Crippen molar-refractivity contribution in [3.05, 3.63) is 59.0 Å². The molecule has 0 spiro atoms. The van der Waals surface area contributed by atoms with E-state index in [9.17, 15) is 9.59 Å². The number of fused-ring (bicyclic) bond motifs is 1. The highest BCUT2D eigenvalue weighted by Crippen LogP contribution is 2.21. The smallest absolute Gasteiger partial charge is 0.437 e. The Morgan fingerprint density at radius 2 is 1.82 bits per heavy atom. The molecule has 0 saturated carbocycles. The van der Waals surface area contributed by atoms with E-state index in [1.165, 1.54) is 7.11 Å². The molecule has 0 amide bonds. The van der Waals surface area contributed by atoms with Crippen LogP contribution in [-0.4, -0.2) is 18.2 Å². The third-order valence-corrected chi connectivity index (χ3v) is 3.00. The molecule has 110 valence electrons. The Hall–Kier alpha value is -3.15. The van der Waals surface area contributed by atoms with Crippen molar-refractivity contribution in [3.63, 3.8) is 0 Å². The molecule has 6 heteroatoms. The minimum atomic E-state index is -0.803. The van der Waals surface area contributed by atoms with Gasteiger partial charge in [0.25, 0.3) is 0 Å². The van der Waals surface area contributed by atoms with Crippen molar-refractivity contribution in [3.8, 4) is 17.2 Å². The highest BCUT2D eigenvalue weighted by Gasteiger charge is 2.09. The maximum atomic E-state index is 11.9. The van der Waals surface area contributed by atoms with E-state index in [4.69, 9.17) is 9.15 Å². The molecule has 0 unspecified atom stereocenters. The SMILES string of the molecule is COC(=O)Oc1ccc(-c2nc3ccccc3c(=O)o2)cc1. The molecule has 3 rings (SSSR count). The number of hydrogen-bond acceptors (Lipinski definition) is 6. The van der Waals surface area contributed by atoms with Crippen molar-refractivity contribution in [1.82, 2.24) is 4.98 Å². The van der Waals surface area contributed by atoms with Crippen LogP contribution in [0.25, 0.3) is 22.4 Å². The molecule has 0 bridgehead atoms. The third-order valence-electron chi connectivity index (χ3n) is 3.00.